The van der Waals surface area contributed by atoms with Gasteiger partial charge in [-0.05, 0) is 12.1 Å². The first-order chi connectivity index (χ1) is 9.79. The van der Waals surface area contributed by atoms with Gasteiger partial charge in [0.2, 0.25) is 5.78 Å². The Labute approximate surface area is 142 Å². The average Bonchev–Trinajstić information content (AvgIpc) is 2.78. The van der Waals surface area contributed by atoms with Crippen LogP contribution in [0.15, 0.2) is 42.5 Å². The molecule has 0 unspecified atom stereocenters. The molecule has 0 bridgehead atoms. The van der Waals surface area contributed by atoms with Crippen molar-refractivity contribution in [2.75, 3.05) is 5.48 Å². The number of ketones is 1. The van der Waals surface area contributed by atoms with E-state index in [2.05, 4.69) is 9.97 Å². The number of hydrogen-bond donors (Lipinski definition) is 1. The van der Waals surface area contributed by atoms with Crippen molar-refractivity contribution in [2.45, 2.75) is 0 Å². The summed E-state index contributed by atoms with van der Waals surface area (Å²) in [6.45, 7) is 0. The Kier molecular flexibility index (Phi) is 3.51. The van der Waals surface area contributed by atoms with E-state index in [1.165, 1.54) is 0 Å². The SMILES string of the molecule is O=C1c2ccccc2-c2nc3cccc(N[O-])c3nc21.[Na+]. The number of para-hydroxylation sites is 1. The zero-order valence-electron chi connectivity index (χ0n) is 11.3. The molecule has 0 fully saturated rings. The molecule has 0 atom stereocenters. The summed E-state index contributed by atoms with van der Waals surface area (Å²) in [5.41, 5.74) is 5.46. The molecule has 3 aromatic rings. The van der Waals surface area contributed by atoms with Crippen molar-refractivity contribution in [3.8, 4) is 11.3 Å². The Hall–Kier alpha value is -1.79. The van der Waals surface area contributed by atoms with E-state index in [0.29, 0.717) is 33.7 Å². The predicted molar refractivity (Wildman–Crippen MR) is 75.4 cm³/mol. The maximum atomic E-state index is 12.3. The van der Waals surface area contributed by atoms with Gasteiger partial charge in [-0.25, -0.2) is 9.97 Å². The fourth-order valence-electron chi connectivity index (χ4n) is 2.52. The molecular weight excluding hydrogens is 277 g/mol. The average molecular weight is 285 g/mol. The van der Waals surface area contributed by atoms with Crippen LogP contribution < -0.4 is 35.0 Å². The number of fused-ring (bicyclic) bond motifs is 4. The van der Waals surface area contributed by atoms with Crippen molar-refractivity contribution in [1.29, 1.82) is 0 Å². The summed E-state index contributed by atoms with van der Waals surface area (Å²) in [5, 5.41) is 10.9. The Balaban J connectivity index is 0.00000132. The van der Waals surface area contributed by atoms with Gasteiger partial charge >= 0.3 is 29.6 Å². The first-order valence-electron chi connectivity index (χ1n) is 6.12. The molecule has 0 aliphatic heterocycles. The van der Waals surface area contributed by atoms with E-state index in [4.69, 9.17) is 0 Å². The van der Waals surface area contributed by atoms with Crippen molar-refractivity contribution in [1.82, 2.24) is 9.97 Å². The van der Waals surface area contributed by atoms with Gasteiger partial charge in [-0.15, -0.1) is 0 Å². The molecule has 6 heteroatoms. The largest absolute Gasteiger partial charge is 1.00 e. The topological polar surface area (TPSA) is 77.9 Å². The first-order valence-corrected chi connectivity index (χ1v) is 6.12. The van der Waals surface area contributed by atoms with Crippen LogP contribution in [0.4, 0.5) is 5.69 Å². The molecule has 0 amide bonds. The molecule has 2 aromatic carbocycles. The van der Waals surface area contributed by atoms with E-state index < -0.39 is 0 Å². The van der Waals surface area contributed by atoms with Crippen LogP contribution in [0, 0.1) is 5.21 Å². The van der Waals surface area contributed by atoms with E-state index in [1.807, 2.05) is 23.7 Å². The van der Waals surface area contributed by atoms with Crippen LogP contribution in [0.5, 0.6) is 0 Å². The van der Waals surface area contributed by atoms with Crippen LogP contribution in [0.1, 0.15) is 16.1 Å². The monoisotopic (exact) mass is 285 g/mol. The molecule has 1 heterocycles. The number of hydrogen-bond acceptors (Lipinski definition) is 5. The summed E-state index contributed by atoms with van der Waals surface area (Å²) in [4.78, 5) is 21.2. The molecule has 96 valence electrons. The number of carbonyl (C=O) groups is 1. The van der Waals surface area contributed by atoms with Crippen molar-refractivity contribution in [2.24, 2.45) is 0 Å². The second kappa shape index (κ2) is 5.20. The molecule has 4 rings (SSSR count). The van der Waals surface area contributed by atoms with Gasteiger partial charge in [-0.3, -0.25) is 4.79 Å². The second-order valence-corrected chi connectivity index (χ2v) is 4.57. The van der Waals surface area contributed by atoms with E-state index in [-0.39, 0.29) is 35.3 Å². The van der Waals surface area contributed by atoms with Crippen molar-refractivity contribution in [3.05, 3.63) is 58.9 Å². The summed E-state index contributed by atoms with van der Waals surface area (Å²) in [6.07, 6.45) is 0. The fraction of sp³-hybridized carbons (Fsp3) is 0. The summed E-state index contributed by atoms with van der Waals surface area (Å²) in [7, 11) is 0. The van der Waals surface area contributed by atoms with Gasteiger partial charge in [-0.2, -0.15) is 0 Å². The number of nitrogens with zero attached hydrogens (tertiary/aromatic N) is 2. The van der Waals surface area contributed by atoms with Gasteiger partial charge in [0.05, 0.1) is 11.2 Å². The summed E-state index contributed by atoms with van der Waals surface area (Å²) < 4.78 is 0. The fourth-order valence-corrected chi connectivity index (χ4v) is 2.52. The van der Waals surface area contributed by atoms with Gasteiger partial charge in [0.15, 0.2) is 0 Å². The minimum absolute atomic E-state index is 0. The predicted octanol–water partition coefficient (Wildman–Crippen LogP) is -0.245. The molecule has 0 radical (unpaired) electrons. The number of benzene rings is 2. The number of rotatable bonds is 1. The smallest absolute Gasteiger partial charge is 0.761 e. The standard InChI is InChI=1S/C15H8N3O2.Na/c19-15-9-5-2-1-4-8(9)12-14(15)17-13-10(16-12)6-3-7-11(13)18-20;/h1-7,18H;/q-1;+1. The normalized spacial score (nSPS) is 11.8. The van der Waals surface area contributed by atoms with Crippen molar-refractivity contribution >= 4 is 22.5 Å². The van der Waals surface area contributed by atoms with Gasteiger partial charge < -0.3 is 10.7 Å². The molecule has 0 saturated carbocycles. The third kappa shape index (κ3) is 1.98. The molecule has 5 nitrogen and oxygen atoms in total. The molecule has 21 heavy (non-hydrogen) atoms. The maximum Gasteiger partial charge on any atom is 1.00 e. The Morgan fingerprint density at radius 2 is 1.67 bits per heavy atom. The van der Waals surface area contributed by atoms with E-state index in [9.17, 15) is 10.0 Å². The number of anilines is 1. The van der Waals surface area contributed by atoms with Crippen molar-refractivity contribution in [3.63, 3.8) is 0 Å². The van der Waals surface area contributed by atoms with Crippen molar-refractivity contribution < 1.29 is 34.4 Å². The third-order valence-electron chi connectivity index (χ3n) is 3.45. The Morgan fingerprint density at radius 3 is 2.43 bits per heavy atom. The van der Waals surface area contributed by atoms with Gasteiger partial charge in [0.25, 0.3) is 0 Å². The quantitative estimate of drug-likeness (QED) is 0.385. The number of aromatic nitrogens is 2. The summed E-state index contributed by atoms with van der Waals surface area (Å²) >= 11 is 0. The zero-order chi connectivity index (χ0) is 13.7. The molecule has 0 saturated heterocycles. The molecule has 1 N–H and O–H groups in total. The summed E-state index contributed by atoms with van der Waals surface area (Å²) in [6, 6.07) is 12.4. The molecule has 1 aliphatic rings. The van der Waals surface area contributed by atoms with Crippen LogP contribution >= 0.6 is 0 Å². The van der Waals surface area contributed by atoms with Gasteiger partial charge in [0.1, 0.15) is 16.9 Å². The zero-order valence-corrected chi connectivity index (χ0v) is 13.3. The Bertz CT molecular complexity index is 880. The summed E-state index contributed by atoms with van der Waals surface area (Å²) in [5.74, 6) is -0.147. The molecular formula is C15H8N3NaO2. The van der Waals surface area contributed by atoms with Crippen LogP contribution in [0.25, 0.3) is 22.3 Å². The van der Waals surface area contributed by atoms with Crippen LogP contribution in [-0.4, -0.2) is 15.8 Å². The second-order valence-electron chi connectivity index (χ2n) is 4.57. The van der Waals surface area contributed by atoms with E-state index >= 15 is 0 Å². The van der Waals surface area contributed by atoms with Gasteiger partial charge in [-0.1, -0.05) is 30.3 Å². The first kappa shape index (κ1) is 14.2. The molecule has 0 spiro atoms. The third-order valence-corrected chi connectivity index (χ3v) is 3.45. The number of carbonyl (C=O) groups excluding carboxylic acids is 1. The molecule has 1 aliphatic carbocycles. The number of nitrogens with one attached hydrogen (secondary N) is 1. The maximum absolute atomic E-state index is 12.3. The van der Waals surface area contributed by atoms with E-state index in [0.717, 1.165) is 5.56 Å². The van der Waals surface area contributed by atoms with Crippen LogP contribution in [0.3, 0.4) is 0 Å². The van der Waals surface area contributed by atoms with Crippen LogP contribution in [0.2, 0.25) is 0 Å². The van der Waals surface area contributed by atoms with Crippen LogP contribution in [-0.2, 0) is 0 Å². The molecule has 1 aromatic heterocycles. The minimum atomic E-state index is -0.147. The van der Waals surface area contributed by atoms with E-state index in [1.54, 1.807) is 24.3 Å². The Morgan fingerprint density at radius 1 is 0.905 bits per heavy atom. The van der Waals surface area contributed by atoms with Gasteiger partial charge in [0, 0.05) is 11.1 Å². The minimum Gasteiger partial charge on any atom is -0.761 e.